The van der Waals surface area contributed by atoms with Crippen LogP contribution in [0.4, 0.5) is 0 Å². The van der Waals surface area contributed by atoms with Crippen LogP contribution in [-0.2, 0) is 17.8 Å². The maximum atomic E-state index is 10.9. The van der Waals surface area contributed by atoms with E-state index < -0.39 is 5.97 Å². The molecule has 2 aromatic rings. The van der Waals surface area contributed by atoms with Crippen molar-refractivity contribution in [2.45, 2.75) is 32.9 Å². The van der Waals surface area contributed by atoms with E-state index in [1.54, 1.807) is 0 Å². The van der Waals surface area contributed by atoms with Gasteiger partial charge in [-0.05, 0) is 30.5 Å². The van der Waals surface area contributed by atoms with Gasteiger partial charge in [0, 0.05) is 12.6 Å². The molecule has 21 heavy (non-hydrogen) atoms. The second kappa shape index (κ2) is 7.04. The Morgan fingerprint density at radius 2 is 1.86 bits per heavy atom. The first-order chi connectivity index (χ1) is 10.1. The molecule has 0 unspecified atom stereocenters. The standard InChI is InChI=1S/C18H21NO2/c1-13-6-5-9-15(10-13)14(2)19-12-17-8-4-3-7-16(17)11-18(20)21/h3-10,14,19H,11-12H2,1-2H3,(H,20,21)/t14-/m0/s1. The van der Waals surface area contributed by atoms with Crippen molar-refractivity contribution in [3.05, 3.63) is 70.8 Å². The highest BCUT2D eigenvalue weighted by atomic mass is 16.4. The van der Waals surface area contributed by atoms with Crippen LogP contribution in [0, 0.1) is 6.92 Å². The van der Waals surface area contributed by atoms with Gasteiger partial charge in [-0.1, -0.05) is 54.1 Å². The summed E-state index contributed by atoms with van der Waals surface area (Å²) in [5.41, 5.74) is 4.39. The van der Waals surface area contributed by atoms with Crippen LogP contribution in [0.5, 0.6) is 0 Å². The molecule has 0 spiro atoms. The summed E-state index contributed by atoms with van der Waals surface area (Å²) < 4.78 is 0. The van der Waals surface area contributed by atoms with E-state index >= 15 is 0 Å². The van der Waals surface area contributed by atoms with Crippen LogP contribution in [0.15, 0.2) is 48.5 Å². The Balaban J connectivity index is 2.04. The lowest BCUT2D eigenvalue weighted by atomic mass is 10.0. The maximum absolute atomic E-state index is 10.9. The van der Waals surface area contributed by atoms with Crippen LogP contribution >= 0.6 is 0 Å². The van der Waals surface area contributed by atoms with Gasteiger partial charge in [-0.25, -0.2) is 0 Å². The molecule has 1 atom stereocenters. The largest absolute Gasteiger partial charge is 0.481 e. The molecule has 0 fully saturated rings. The molecule has 3 heteroatoms. The summed E-state index contributed by atoms with van der Waals surface area (Å²) in [7, 11) is 0. The Hall–Kier alpha value is -2.13. The van der Waals surface area contributed by atoms with Crippen molar-refractivity contribution >= 4 is 5.97 Å². The first kappa shape index (κ1) is 15.3. The van der Waals surface area contributed by atoms with E-state index in [-0.39, 0.29) is 12.5 Å². The van der Waals surface area contributed by atoms with Gasteiger partial charge in [0.15, 0.2) is 0 Å². The average Bonchev–Trinajstić information content (AvgIpc) is 2.45. The Morgan fingerprint density at radius 1 is 1.14 bits per heavy atom. The zero-order valence-electron chi connectivity index (χ0n) is 12.5. The van der Waals surface area contributed by atoms with Gasteiger partial charge in [-0.3, -0.25) is 4.79 Å². The summed E-state index contributed by atoms with van der Waals surface area (Å²) >= 11 is 0. The normalized spacial score (nSPS) is 12.1. The van der Waals surface area contributed by atoms with Crippen LogP contribution < -0.4 is 5.32 Å². The molecule has 0 aliphatic carbocycles. The fraction of sp³-hybridized carbons (Fsp3) is 0.278. The van der Waals surface area contributed by atoms with Gasteiger partial charge in [0.2, 0.25) is 0 Å². The summed E-state index contributed by atoms with van der Waals surface area (Å²) in [5, 5.41) is 12.4. The molecule has 2 N–H and O–H groups in total. The number of aliphatic carboxylic acids is 1. The minimum Gasteiger partial charge on any atom is -0.481 e. The number of nitrogens with one attached hydrogen (secondary N) is 1. The van der Waals surface area contributed by atoms with E-state index in [2.05, 4.69) is 43.4 Å². The predicted molar refractivity (Wildman–Crippen MR) is 84.2 cm³/mol. The van der Waals surface area contributed by atoms with Crippen molar-refractivity contribution < 1.29 is 9.90 Å². The molecule has 0 heterocycles. The third kappa shape index (κ3) is 4.43. The second-order valence-electron chi connectivity index (χ2n) is 5.36. The minimum absolute atomic E-state index is 0.0662. The van der Waals surface area contributed by atoms with Gasteiger partial charge >= 0.3 is 5.97 Å². The highest BCUT2D eigenvalue weighted by Gasteiger charge is 2.09. The number of carboxylic acid groups (broad SMARTS) is 1. The van der Waals surface area contributed by atoms with E-state index in [0.717, 1.165) is 11.1 Å². The van der Waals surface area contributed by atoms with Crippen LogP contribution in [-0.4, -0.2) is 11.1 Å². The van der Waals surface area contributed by atoms with Crippen LogP contribution in [0.2, 0.25) is 0 Å². The van der Waals surface area contributed by atoms with E-state index in [9.17, 15) is 4.79 Å². The summed E-state index contributed by atoms with van der Waals surface area (Å²) in [4.78, 5) is 10.9. The summed E-state index contributed by atoms with van der Waals surface area (Å²) in [6, 6.07) is 16.3. The molecule has 3 nitrogen and oxygen atoms in total. The monoisotopic (exact) mass is 283 g/mol. The fourth-order valence-electron chi connectivity index (χ4n) is 2.39. The lowest BCUT2D eigenvalue weighted by molar-refractivity contribution is -0.136. The third-order valence-corrected chi connectivity index (χ3v) is 3.60. The predicted octanol–water partition coefficient (Wildman–Crippen LogP) is 3.47. The van der Waals surface area contributed by atoms with E-state index in [4.69, 9.17) is 5.11 Å². The highest BCUT2D eigenvalue weighted by Crippen LogP contribution is 2.16. The zero-order chi connectivity index (χ0) is 15.2. The molecule has 2 rings (SSSR count). The fourth-order valence-corrected chi connectivity index (χ4v) is 2.39. The summed E-state index contributed by atoms with van der Waals surface area (Å²) in [6.07, 6.45) is 0.0662. The SMILES string of the molecule is Cc1cccc([C@H](C)NCc2ccccc2CC(=O)O)c1. The number of carboxylic acids is 1. The number of carbonyl (C=O) groups is 1. The van der Waals surface area contributed by atoms with Gasteiger partial charge in [0.1, 0.15) is 0 Å². The van der Waals surface area contributed by atoms with Crippen molar-refractivity contribution in [1.82, 2.24) is 5.32 Å². The lowest BCUT2D eigenvalue weighted by Gasteiger charge is -2.16. The van der Waals surface area contributed by atoms with Gasteiger partial charge < -0.3 is 10.4 Å². The van der Waals surface area contributed by atoms with Gasteiger partial charge in [0.25, 0.3) is 0 Å². The number of hydrogen-bond donors (Lipinski definition) is 2. The van der Waals surface area contributed by atoms with Crippen LogP contribution in [0.25, 0.3) is 0 Å². The Kier molecular flexibility index (Phi) is 5.12. The quantitative estimate of drug-likeness (QED) is 0.853. The van der Waals surface area contributed by atoms with Crippen molar-refractivity contribution in [3.63, 3.8) is 0 Å². The number of rotatable bonds is 6. The van der Waals surface area contributed by atoms with Crippen LogP contribution in [0.3, 0.4) is 0 Å². The average molecular weight is 283 g/mol. The molecule has 0 bridgehead atoms. The molecule has 2 aromatic carbocycles. The van der Waals surface area contributed by atoms with Gasteiger partial charge in [-0.15, -0.1) is 0 Å². The topological polar surface area (TPSA) is 49.3 Å². The smallest absolute Gasteiger partial charge is 0.307 e. The van der Waals surface area contributed by atoms with Crippen LogP contribution in [0.1, 0.15) is 35.2 Å². The first-order valence-corrected chi connectivity index (χ1v) is 7.15. The highest BCUT2D eigenvalue weighted by molar-refractivity contribution is 5.70. The Labute approximate surface area is 125 Å². The lowest BCUT2D eigenvalue weighted by Crippen LogP contribution is -2.19. The molecule has 0 amide bonds. The van der Waals surface area contributed by atoms with E-state index in [1.807, 2.05) is 24.3 Å². The van der Waals surface area contributed by atoms with Gasteiger partial charge in [-0.2, -0.15) is 0 Å². The molecule has 0 aliphatic heterocycles. The molecule has 0 aromatic heterocycles. The molecule has 0 aliphatic rings. The van der Waals surface area contributed by atoms with Gasteiger partial charge in [0.05, 0.1) is 6.42 Å². The first-order valence-electron chi connectivity index (χ1n) is 7.15. The molecule has 0 saturated heterocycles. The summed E-state index contributed by atoms with van der Waals surface area (Å²) in [5.74, 6) is -0.797. The minimum atomic E-state index is -0.797. The molecular formula is C18H21NO2. The van der Waals surface area contributed by atoms with E-state index in [1.165, 1.54) is 11.1 Å². The molecule has 110 valence electrons. The maximum Gasteiger partial charge on any atom is 0.307 e. The number of aryl methyl sites for hydroxylation is 1. The van der Waals surface area contributed by atoms with Crippen molar-refractivity contribution in [2.75, 3.05) is 0 Å². The van der Waals surface area contributed by atoms with E-state index in [0.29, 0.717) is 6.54 Å². The van der Waals surface area contributed by atoms with Crippen molar-refractivity contribution in [3.8, 4) is 0 Å². The summed E-state index contributed by atoms with van der Waals surface area (Å²) in [6.45, 7) is 4.87. The number of benzene rings is 2. The zero-order valence-corrected chi connectivity index (χ0v) is 12.5. The van der Waals surface area contributed by atoms with Crippen molar-refractivity contribution in [1.29, 1.82) is 0 Å². The molecule has 0 saturated carbocycles. The second-order valence-corrected chi connectivity index (χ2v) is 5.36. The third-order valence-electron chi connectivity index (χ3n) is 3.60. The molecular weight excluding hydrogens is 262 g/mol. The number of hydrogen-bond acceptors (Lipinski definition) is 2. The molecule has 0 radical (unpaired) electrons. The Bertz CT molecular complexity index is 622. The Morgan fingerprint density at radius 3 is 2.52 bits per heavy atom. The van der Waals surface area contributed by atoms with Crippen molar-refractivity contribution in [2.24, 2.45) is 0 Å².